The van der Waals surface area contributed by atoms with Gasteiger partial charge in [0.1, 0.15) is 0 Å². The first-order valence-electron chi connectivity index (χ1n) is 9.15. The molecule has 2 aromatic rings. The average molecular weight is 383 g/mol. The van der Waals surface area contributed by atoms with Crippen molar-refractivity contribution in [1.29, 1.82) is 0 Å². The second kappa shape index (κ2) is 7.92. The number of fused-ring (bicyclic) bond motifs is 3. The molecule has 2 aromatic carbocycles. The third-order valence-corrected chi connectivity index (χ3v) is 5.11. The van der Waals surface area contributed by atoms with Crippen molar-refractivity contribution >= 4 is 5.91 Å². The first-order chi connectivity index (χ1) is 13.4. The summed E-state index contributed by atoms with van der Waals surface area (Å²) in [5.74, 6) is 1.52. The number of rotatable bonds is 4. The van der Waals surface area contributed by atoms with Crippen LogP contribution in [0.2, 0.25) is 0 Å². The van der Waals surface area contributed by atoms with Gasteiger partial charge in [0.2, 0.25) is 11.7 Å². The van der Waals surface area contributed by atoms with E-state index >= 15 is 0 Å². The fourth-order valence-electron chi connectivity index (χ4n) is 3.83. The van der Waals surface area contributed by atoms with Crippen molar-refractivity contribution in [2.45, 2.75) is 32.7 Å². The quantitative estimate of drug-likeness (QED) is 0.878. The zero-order chi connectivity index (χ0) is 20.4. The van der Waals surface area contributed by atoms with Gasteiger partial charge in [0.15, 0.2) is 16.9 Å². The normalized spacial score (nSPS) is 15.0. The van der Waals surface area contributed by atoms with Crippen molar-refractivity contribution in [2.75, 3.05) is 21.3 Å². The molecule has 28 heavy (non-hydrogen) atoms. The Balaban J connectivity index is 2.41. The van der Waals surface area contributed by atoms with Gasteiger partial charge in [-0.1, -0.05) is 0 Å². The van der Waals surface area contributed by atoms with Gasteiger partial charge in [-0.15, -0.1) is 0 Å². The maximum absolute atomic E-state index is 12.3. The minimum atomic E-state index is -0.216. The van der Waals surface area contributed by atoms with Crippen LogP contribution in [0.15, 0.2) is 29.1 Å². The molecule has 0 aromatic heterocycles. The highest BCUT2D eigenvalue weighted by Gasteiger charge is 2.29. The number of aryl methyl sites for hydroxylation is 2. The average Bonchev–Trinajstić information content (AvgIpc) is 2.90. The first kappa shape index (κ1) is 19.7. The number of ether oxygens (including phenoxy) is 3. The molecule has 6 heteroatoms. The predicted octanol–water partition coefficient (Wildman–Crippen LogP) is 3.17. The fourth-order valence-corrected chi connectivity index (χ4v) is 3.83. The number of amides is 1. The molecular weight excluding hydrogens is 358 g/mol. The lowest BCUT2D eigenvalue weighted by atomic mass is 9.95. The van der Waals surface area contributed by atoms with E-state index in [1.54, 1.807) is 40.4 Å². The smallest absolute Gasteiger partial charge is 0.217 e. The van der Waals surface area contributed by atoms with Crippen LogP contribution >= 0.6 is 0 Å². The van der Waals surface area contributed by atoms with E-state index in [0.29, 0.717) is 35.7 Å². The maximum Gasteiger partial charge on any atom is 0.217 e. The molecule has 1 amide bonds. The number of hydrogen-bond acceptors (Lipinski definition) is 5. The highest BCUT2D eigenvalue weighted by atomic mass is 16.5. The molecule has 0 saturated heterocycles. The maximum atomic E-state index is 12.3. The summed E-state index contributed by atoms with van der Waals surface area (Å²) in [6.45, 7) is 3.28. The van der Waals surface area contributed by atoms with Gasteiger partial charge in [-0.2, -0.15) is 0 Å². The molecule has 0 aliphatic heterocycles. The Hall–Kier alpha value is -3.02. The second-order valence-corrected chi connectivity index (χ2v) is 6.87. The van der Waals surface area contributed by atoms with Crippen LogP contribution in [-0.4, -0.2) is 27.2 Å². The number of methoxy groups -OCH3 is 3. The van der Waals surface area contributed by atoms with Gasteiger partial charge in [-0.05, 0) is 66.3 Å². The standard InChI is InChI=1S/C22H25NO5/c1-12-10-16-15(7-9-18(12)25)20-14(6-8-17(16)23-13(2)24)11-19(26-3)21(27-4)22(20)28-5/h7,9-11,17H,6,8H2,1-5H3,(H,23,24)/t17-/m0/s1. The summed E-state index contributed by atoms with van der Waals surface area (Å²) >= 11 is 0. The van der Waals surface area contributed by atoms with Crippen LogP contribution in [0.25, 0.3) is 11.1 Å². The third-order valence-electron chi connectivity index (χ3n) is 5.11. The van der Waals surface area contributed by atoms with Crippen LogP contribution in [0.4, 0.5) is 0 Å². The lowest BCUT2D eigenvalue weighted by Gasteiger charge is -2.20. The van der Waals surface area contributed by atoms with Crippen LogP contribution < -0.4 is 25.0 Å². The number of hydrogen-bond donors (Lipinski definition) is 1. The summed E-state index contributed by atoms with van der Waals surface area (Å²) in [5.41, 5.74) is 4.17. The molecule has 0 saturated carbocycles. The monoisotopic (exact) mass is 383 g/mol. The molecule has 0 spiro atoms. The van der Waals surface area contributed by atoms with E-state index in [0.717, 1.165) is 22.3 Å². The van der Waals surface area contributed by atoms with Gasteiger partial charge < -0.3 is 19.5 Å². The molecule has 1 aliphatic rings. The van der Waals surface area contributed by atoms with Gasteiger partial charge in [0, 0.05) is 12.5 Å². The zero-order valence-corrected chi connectivity index (χ0v) is 16.8. The van der Waals surface area contributed by atoms with Crippen LogP contribution in [0.3, 0.4) is 0 Å². The highest BCUT2D eigenvalue weighted by molar-refractivity contribution is 5.83. The Kier molecular flexibility index (Phi) is 5.58. The van der Waals surface area contributed by atoms with Crippen LogP contribution in [0.1, 0.15) is 36.1 Å². The highest BCUT2D eigenvalue weighted by Crippen LogP contribution is 2.50. The van der Waals surface area contributed by atoms with Crippen molar-refractivity contribution < 1.29 is 19.0 Å². The Morgan fingerprint density at radius 3 is 2.39 bits per heavy atom. The Bertz CT molecular complexity index is 983. The molecular formula is C22H25NO5. The minimum absolute atomic E-state index is 0.0596. The van der Waals surface area contributed by atoms with E-state index in [9.17, 15) is 9.59 Å². The van der Waals surface area contributed by atoms with E-state index in [4.69, 9.17) is 14.2 Å². The Morgan fingerprint density at radius 2 is 1.79 bits per heavy atom. The van der Waals surface area contributed by atoms with E-state index in [1.807, 2.05) is 12.1 Å². The predicted molar refractivity (Wildman–Crippen MR) is 107 cm³/mol. The number of nitrogens with one attached hydrogen (secondary N) is 1. The number of benzene rings is 1. The molecule has 0 bridgehead atoms. The van der Waals surface area contributed by atoms with E-state index in [2.05, 4.69) is 5.32 Å². The lowest BCUT2D eigenvalue weighted by molar-refractivity contribution is -0.119. The summed E-state index contributed by atoms with van der Waals surface area (Å²) < 4.78 is 16.8. The topological polar surface area (TPSA) is 73.9 Å². The molecule has 1 N–H and O–H groups in total. The van der Waals surface area contributed by atoms with E-state index in [-0.39, 0.29) is 17.4 Å². The molecule has 1 aliphatic carbocycles. The summed E-state index contributed by atoms with van der Waals surface area (Å²) in [4.78, 5) is 24.1. The third kappa shape index (κ3) is 3.42. The number of carbonyl (C=O) groups is 1. The zero-order valence-electron chi connectivity index (χ0n) is 16.8. The molecule has 148 valence electrons. The van der Waals surface area contributed by atoms with Gasteiger partial charge in [0.25, 0.3) is 0 Å². The lowest BCUT2D eigenvalue weighted by Crippen LogP contribution is -2.26. The summed E-state index contributed by atoms with van der Waals surface area (Å²) in [7, 11) is 4.73. The van der Waals surface area contributed by atoms with Gasteiger partial charge in [-0.3, -0.25) is 9.59 Å². The Morgan fingerprint density at radius 1 is 1.07 bits per heavy atom. The molecule has 6 nitrogen and oxygen atoms in total. The van der Waals surface area contributed by atoms with E-state index in [1.165, 1.54) is 6.92 Å². The molecule has 0 radical (unpaired) electrons. The molecule has 0 fully saturated rings. The SMILES string of the molecule is COc1cc2c(c(OC)c1OC)-c1ccc(=O)c(C)cc1[C@@H](NC(C)=O)CC2. The second-order valence-electron chi connectivity index (χ2n) is 6.87. The van der Waals surface area contributed by atoms with E-state index < -0.39 is 0 Å². The molecule has 3 rings (SSSR count). The van der Waals surface area contributed by atoms with Gasteiger partial charge >= 0.3 is 0 Å². The van der Waals surface area contributed by atoms with Crippen molar-refractivity contribution in [3.05, 3.63) is 51.2 Å². The van der Waals surface area contributed by atoms with Crippen molar-refractivity contribution in [2.24, 2.45) is 0 Å². The minimum Gasteiger partial charge on any atom is -0.493 e. The van der Waals surface area contributed by atoms with Crippen LogP contribution in [-0.2, 0) is 11.2 Å². The summed E-state index contributed by atoms with van der Waals surface area (Å²) in [5, 5.41) is 3.02. The van der Waals surface area contributed by atoms with Gasteiger partial charge in [0.05, 0.1) is 27.4 Å². The van der Waals surface area contributed by atoms with Crippen LogP contribution in [0.5, 0.6) is 17.2 Å². The first-order valence-corrected chi connectivity index (χ1v) is 9.15. The van der Waals surface area contributed by atoms with Crippen molar-refractivity contribution in [1.82, 2.24) is 5.32 Å². The molecule has 1 atom stereocenters. The van der Waals surface area contributed by atoms with Crippen molar-refractivity contribution in [3.8, 4) is 28.4 Å². The molecule has 0 unspecified atom stereocenters. The van der Waals surface area contributed by atoms with Gasteiger partial charge in [-0.25, -0.2) is 0 Å². The summed E-state index contributed by atoms with van der Waals surface area (Å²) in [6, 6.07) is 6.95. The fraction of sp³-hybridized carbons (Fsp3) is 0.364. The van der Waals surface area contributed by atoms with Crippen LogP contribution in [0, 0.1) is 6.92 Å². The Labute approximate surface area is 164 Å². The van der Waals surface area contributed by atoms with Crippen molar-refractivity contribution in [3.63, 3.8) is 0 Å². The largest absolute Gasteiger partial charge is 0.493 e. The summed E-state index contributed by atoms with van der Waals surface area (Å²) in [6.07, 6.45) is 1.40. The molecule has 0 heterocycles. The number of carbonyl (C=O) groups excluding carboxylic acids is 1.